The normalized spacial score (nSPS) is 22.7. The number of hydrogen-bond donors (Lipinski definition) is 2. The molecule has 1 aliphatic carbocycles. The minimum atomic E-state index is 0.0807. The van der Waals surface area contributed by atoms with Gasteiger partial charge in [-0.3, -0.25) is 0 Å². The van der Waals surface area contributed by atoms with E-state index in [0.29, 0.717) is 18.4 Å². The molecule has 4 heteroatoms. The lowest BCUT2D eigenvalue weighted by atomic mass is 9.96. The predicted octanol–water partition coefficient (Wildman–Crippen LogP) is 2.65. The molecule has 0 heterocycles. The van der Waals surface area contributed by atoms with E-state index in [-0.39, 0.29) is 12.6 Å². The molecule has 114 valence electrons. The minimum absolute atomic E-state index is 0.0807. The zero-order valence-corrected chi connectivity index (χ0v) is 12.6. The highest BCUT2D eigenvalue weighted by Crippen LogP contribution is 2.31. The summed E-state index contributed by atoms with van der Waals surface area (Å²) in [7, 11) is 0. The van der Waals surface area contributed by atoms with Crippen LogP contribution in [-0.4, -0.2) is 24.9 Å². The SMILES string of the molecule is CC(NCC1CCCC1CO)c1ccc(OCC#N)cc1. The van der Waals surface area contributed by atoms with Crippen molar-refractivity contribution < 1.29 is 9.84 Å². The second-order valence-corrected chi connectivity index (χ2v) is 5.78. The minimum Gasteiger partial charge on any atom is -0.479 e. The zero-order chi connectivity index (χ0) is 15.1. The predicted molar refractivity (Wildman–Crippen MR) is 81.9 cm³/mol. The van der Waals surface area contributed by atoms with E-state index in [4.69, 9.17) is 10.00 Å². The average molecular weight is 288 g/mol. The highest BCUT2D eigenvalue weighted by molar-refractivity contribution is 5.29. The van der Waals surface area contributed by atoms with Crippen LogP contribution in [0.2, 0.25) is 0 Å². The molecule has 0 aromatic heterocycles. The third kappa shape index (κ3) is 4.45. The van der Waals surface area contributed by atoms with Crippen molar-refractivity contribution in [1.29, 1.82) is 5.26 Å². The molecule has 2 N–H and O–H groups in total. The summed E-state index contributed by atoms with van der Waals surface area (Å²) in [5.74, 6) is 1.78. The molecule has 1 aromatic carbocycles. The van der Waals surface area contributed by atoms with E-state index in [2.05, 4.69) is 12.2 Å². The summed E-state index contributed by atoms with van der Waals surface area (Å²) in [6, 6.07) is 10.1. The van der Waals surface area contributed by atoms with Gasteiger partial charge >= 0.3 is 0 Å². The largest absolute Gasteiger partial charge is 0.479 e. The van der Waals surface area contributed by atoms with Crippen molar-refractivity contribution in [3.63, 3.8) is 0 Å². The summed E-state index contributed by atoms with van der Waals surface area (Å²) in [4.78, 5) is 0. The van der Waals surface area contributed by atoms with Crippen LogP contribution in [0.5, 0.6) is 5.75 Å². The molecule has 3 atom stereocenters. The molecule has 1 fully saturated rings. The number of hydrogen-bond acceptors (Lipinski definition) is 4. The van der Waals surface area contributed by atoms with E-state index >= 15 is 0 Å². The summed E-state index contributed by atoms with van der Waals surface area (Å²) < 4.78 is 5.25. The summed E-state index contributed by atoms with van der Waals surface area (Å²) in [5, 5.41) is 21.4. The van der Waals surface area contributed by atoms with Crippen LogP contribution < -0.4 is 10.1 Å². The van der Waals surface area contributed by atoms with E-state index in [1.54, 1.807) is 0 Å². The summed E-state index contributed by atoms with van der Waals surface area (Å²) in [5.41, 5.74) is 1.21. The molecule has 0 radical (unpaired) electrons. The van der Waals surface area contributed by atoms with E-state index in [9.17, 15) is 5.11 Å². The number of aliphatic hydroxyl groups excluding tert-OH is 1. The van der Waals surface area contributed by atoms with Crippen LogP contribution in [-0.2, 0) is 0 Å². The third-order valence-electron chi connectivity index (χ3n) is 4.42. The summed E-state index contributed by atoms with van der Waals surface area (Å²) >= 11 is 0. The molecule has 0 bridgehead atoms. The molecular weight excluding hydrogens is 264 g/mol. The molecule has 0 spiro atoms. The van der Waals surface area contributed by atoms with Crippen molar-refractivity contribution in [3.05, 3.63) is 29.8 Å². The van der Waals surface area contributed by atoms with Gasteiger partial charge in [-0.05, 0) is 55.8 Å². The number of nitrogens with one attached hydrogen (secondary N) is 1. The monoisotopic (exact) mass is 288 g/mol. The van der Waals surface area contributed by atoms with Crippen molar-refractivity contribution in [2.75, 3.05) is 19.8 Å². The highest BCUT2D eigenvalue weighted by atomic mass is 16.5. The van der Waals surface area contributed by atoms with Gasteiger partial charge in [0.2, 0.25) is 0 Å². The van der Waals surface area contributed by atoms with Crippen molar-refractivity contribution >= 4 is 0 Å². The van der Waals surface area contributed by atoms with Gasteiger partial charge in [0.25, 0.3) is 0 Å². The van der Waals surface area contributed by atoms with Crippen molar-refractivity contribution in [2.24, 2.45) is 11.8 Å². The Morgan fingerprint density at radius 3 is 2.71 bits per heavy atom. The van der Waals surface area contributed by atoms with E-state index in [1.165, 1.54) is 18.4 Å². The molecule has 1 aromatic rings. The summed E-state index contributed by atoms with van der Waals surface area (Å²) in [6.07, 6.45) is 3.60. The molecule has 4 nitrogen and oxygen atoms in total. The van der Waals surface area contributed by atoms with Crippen LogP contribution in [0.3, 0.4) is 0 Å². The maximum Gasteiger partial charge on any atom is 0.174 e. The molecular formula is C17H24N2O2. The smallest absolute Gasteiger partial charge is 0.174 e. The number of nitriles is 1. The molecule has 3 unspecified atom stereocenters. The molecule has 1 saturated carbocycles. The first kappa shape index (κ1) is 15.8. The van der Waals surface area contributed by atoms with Gasteiger partial charge in [0.1, 0.15) is 11.8 Å². The third-order valence-corrected chi connectivity index (χ3v) is 4.42. The average Bonchev–Trinajstić information content (AvgIpc) is 2.98. The number of rotatable bonds is 7. The van der Waals surface area contributed by atoms with Crippen molar-refractivity contribution in [1.82, 2.24) is 5.32 Å². The Morgan fingerprint density at radius 2 is 2.05 bits per heavy atom. The molecule has 0 amide bonds. The highest BCUT2D eigenvalue weighted by Gasteiger charge is 2.26. The van der Waals surface area contributed by atoms with Crippen LogP contribution in [0.25, 0.3) is 0 Å². The number of ether oxygens (including phenoxy) is 1. The quantitative estimate of drug-likeness (QED) is 0.809. The lowest BCUT2D eigenvalue weighted by Gasteiger charge is -2.21. The van der Waals surface area contributed by atoms with Gasteiger partial charge in [-0.2, -0.15) is 5.26 Å². The van der Waals surface area contributed by atoms with E-state index in [0.717, 1.165) is 18.7 Å². The second kappa shape index (κ2) is 8.02. The lowest BCUT2D eigenvalue weighted by Crippen LogP contribution is -2.28. The fourth-order valence-corrected chi connectivity index (χ4v) is 3.04. The van der Waals surface area contributed by atoms with Crippen LogP contribution >= 0.6 is 0 Å². The molecule has 1 aliphatic rings. The summed E-state index contributed by atoms with van der Waals surface area (Å²) in [6.45, 7) is 3.50. The molecule has 0 aliphatic heterocycles. The standard InChI is InChI=1S/C17H24N2O2/c1-13(19-11-15-3-2-4-16(15)12-20)14-5-7-17(8-6-14)21-10-9-18/h5-8,13,15-16,19-20H,2-4,10-12H2,1H3. The Kier molecular flexibility index (Phi) is 6.04. The first-order valence-corrected chi connectivity index (χ1v) is 7.68. The maximum absolute atomic E-state index is 9.36. The fourth-order valence-electron chi connectivity index (χ4n) is 3.04. The number of benzene rings is 1. The zero-order valence-electron chi connectivity index (χ0n) is 12.6. The van der Waals surface area contributed by atoms with Crippen LogP contribution in [0.1, 0.15) is 37.8 Å². The van der Waals surface area contributed by atoms with E-state index < -0.39 is 0 Å². The number of nitrogens with zero attached hydrogens (tertiary/aromatic N) is 1. The molecule has 21 heavy (non-hydrogen) atoms. The fraction of sp³-hybridized carbons (Fsp3) is 0.588. The second-order valence-electron chi connectivity index (χ2n) is 5.78. The van der Waals surface area contributed by atoms with Crippen molar-refractivity contribution in [3.8, 4) is 11.8 Å². The first-order chi connectivity index (χ1) is 10.2. The van der Waals surface area contributed by atoms with Gasteiger partial charge in [0, 0.05) is 12.6 Å². The topological polar surface area (TPSA) is 65.3 Å². The maximum atomic E-state index is 9.36. The van der Waals surface area contributed by atoms with Crippen molar-refractivity contribution in [2.45, 2.75) is 32.2 Å². The van der Waals surface area contributed by atoms with Gasteiger partial charge in [0.15, 0.2) is 6.61 Å². The Balaban J connectivity index is 1.82. The van der Waals surface area contributed by atoms with Gasteiger partial charge in [-0.15, -0.1) is 0 Å². The van der Waals surface area contributed by atoms with Crippen LogP contribution in [0.15, 0.2) is 24.3 Å². The van der Waals surface area contributed by atoms with Gasteiger partial charge < -0.3 is 15.2 Å². The van der Waals surface area contributed by atoms with Crippen LogP contribution in [0.4, 0.5) is 0 Å². The molecule has 0 saturated heterocycles. The van der Waals surface area contributed by atoms with Crippen LogP contribution in [0, 0.1) is 23.2 Å². The Bertz CT molecular complexity index is 467. The van der Waals surface area contributed by atoms with Gasteiger partial charge in [-0.1, -0.05) is 18.6 Å². The molecule has 2 rings (SSSR count). The number of aliphatic hydroxyl groups is 1. The Hall–Kier alpha value is -1.57. The lowest BCUT2D eigenvalue weighted by molar-refractivity contribution is 0.190. The van der Waals surface area contributed by atoms with Gasteiger partial charge in [0.05, 0.1) is 0 Å². The van der Waals surface area contributed by atoms with E-state index in [1.807, 2.05) is 30.3 Å². The Morgan fingerprint density at radius 1 is 1.33 bits per heavy atom. The Labute approximate surface area is 126 Å². The van der Waals surface area contributed by atoms with Gasteiger partial charge in [-0.25, -0.2) is 0 Å². The first-order valence-electron chi connectivity index (χ1n) is 7.68.